The Morgan fingerprint density at radius 2 is 2.36 bits per heavy atom. The lowest BCUT2D eigenvalue weighted by Gasteiger charge is -2.23. The van der Waals surface area contributed by atoms with Crippen LogP contribution in [-0.4, -0.2) is 49.5 Å². The summed E-state index contributed by atoms with van der Waals surface area (Å²) in [5.41, 5.74) is 1.36. The van der Waals surface area contributed by atoms with Gasteiger partial charge in [0.25, 0.3) is 0 Å². The third-order valence-electron chi connectivity index (χ3n) is 2.37. The highest BCUT2D eigenvalue weighted by Crippen LogP contribution is 2.07. The van der Waals surface area contributed by atoms with E-state index < -0.39 is 0 Å². The van der Waals surface area contributed by atoms with Crippen molar-refractivity contribution in [2.45, 2.75) is 19.8 Å². The van der Waals surface area contributed by atoms with Crippen molar-refractivity contribution in [1.29, 1.82) is 0 Å². The second-order valence-electron chi connectivity index (χ2n) is 3.70. The number of ether oxygens (including phenoxy) is 1. The molecule has 1 aliphatic heterocycles. The Bertz CT molecular complexity index is 174. The maximum atomic E-state index is 8.90. The van der Waals surface area contributed by atoms with Gasteiger partial charge in [-0.25, -0.2) is 0 Å². The summed E-state index contributed by atoms with van der Waals surface area (Å²) in [5, 5.41) is 8.90. The molecule has 1 N–H and O–H groups in total. The predicted octanol–water partition coefficient (Wildman–Crippen LogP) is 1.04. The average Bonchev–Trinajstić information content (AvgIpc) is 2.20. The topological polar surface area (TPSA) is 32.7 Å². The Morgan fingerprint density at radius 1 is 1.50 bits per heavy atom. The first-order valence-corrected chi connectivity index (χ1v) is 5.45. The largest absolute Gasteiger partial charge is 0.395 e. The van der Waals surface area contributed by atoms with E-state index in [1.807, 2.05) is 0 Å². The van der Waals surface area contributed by atoms with Gasteiger partial charge in [0.15, 0.2) is 0 Å². The standard InChI is InChI=1S/C11H21NO2/c1-2-5-12(6-7-13)9-11-4-3-8-14-10-11/h4,13H,2-3,5-10H2,1H3. The molecule has 0 saturated carbocycles. The lowest BCUT2D eigenvalue weighted by molar-refractivity contribution is 0.138. The van der Waals surface area contributed by atoms with Crippen LogP contribution in [-0.2, 0) is 4.74 Å². The van der Waals surface area contributed by atoms with E-state index in [0.29, 0.717) is 0 Å². The molecule has 1 heterocycles. The summed E-state index contributed by atoms with van der Waals surface area (Å²) in [5.74, 6) is 0. The van der Waals surface area contributed by atoms with Crippen LogP contribution in [0.4, 0.5) is 0 Å². The number of rotatable bonds is 6. The summed E-state index contributed by atoms with van der Waals surface area (Å²) in [6.45, 7) is 6.81. The Labute approximate surface area is 86.4 Å². The molecule has 0 radical (unpaired) electrons. The van der Waals surface area contributed by atoms with E-state index in [-0.39, 0.29) is 6.61 Å². The SMILES string of the molecule is CCCN(CCO)CC1=CCCOC1. The van der Waals surface area contributed by atoms with Crippen molar-refractivity contribution in [3.8, 4) is 0 Å². The van der Waals surface area contributed by atoms with Gasteiger partial charge in [-0.3, -0.25) is 4.90 Å². The molecule has 0 saturated heterocycles. The lowest BCUT2D eigenvalue weighted by Crippen LogP contribution is -2.31. The van der Waals surface area contributed by atoms with Crippen LogP contribution in [0.5, 0.6) is 0 Å². The Balaban J connectivity index is 2.32. The molecule has 3 nitrogen and oxygen atoms in total. The molecule has 0 spiro atoms. The zero-order chi connectivity index (χ0) is 10.2. The van der Waals surface area contributed by atoms with Crippen LogP contribution in [0.1, 0.15) is 19.8 Å². The minimum atomic E-state index is 0.244. The quantitative estimate of drug-likeness (QED) is 0.649. The Morgan fingerprint density at radius 3 is 2.93 bits per heavy atom. The highest BCUT2D eigenvalue weighted by atomic mass is 16.5. The number of nitrogens with zero attached hydrogens (tertiary/aromatic N) is 1. The van der Waals surface area contributed by atoms with Gasteiger partial charge in [0, 0.05) is 13.1 Å². The Kier molecular flexibility index (Phi) is 5.83. The number of aliphatic hydroxyl groups is 1. The molecule has 1 rings (SSSR count). The van der Waals surface area contributed by atoms with Crippen molar-refractivity contribution in [2.75, 3.05) is 39.5 Å². The van der Waals surface area contributed by atoms with E-state index in [1.54, 1.807) is 0 Å². The molecule has 0 aromatic carbocycles. The van der Waals surface area contributed by atoms with E-state index >= 15 is 0 Å². The van der Waals surface area contributed by atoms with Crippen molar-refractivity contribution in [2.24, 2.45) is 0 Å². The third-order valence-corrected chi connectivity index (χ3v) is 2.37. The second-order valence-corrected chi connectivity index (χ2v) is 3.70. The van der Waals surface area contributed by atoms with Gasteiger partial charge >= 0.3 is 0 Å². The van der Waals surface area contributed by atoms with Crippen LogP contribution < -0.4 is 0 Å². The summed E-state index contributed by atoms with van der Waals surface area (Å²) < 4.78 is 5.38. The molecule has 0 aliphatic carbocycles. The van der Waals surface area contributed by atoms with E-state index in [2.05, 4.69) is 17.9 Å². The molecule has 0 bridgehead atoms. The zero-order valence-electron chi connectivity index (χ0n) is 9.04. The van der Waals surface area contributed by atoms with Gasteiger partial charge in [-0.2, -0.15) is 0 Å². The van der Waals surface area contributed by atoms with Crippen molar-refractivity contribution < 1.29 is 9.84 Å². The monoisotopic (exact) mass is 199 g/mol. The first-order chi connectivity index (χ1) is 6.86. The van der Waals surface area contributed by atoms with Crippen LogP contribution in [0.2, 0.25) is 0 Å². The second kappa shape index (κ2) is 6.98. The Hall–Kier alpha value is -0.380. The van der Waals surface area contributed by atoms with Crippen LogP contribution >= 0.6 is 0 Å². The smallest absolute Gasteiger partial charge is 0.0689 e. The molecular weight excluding hydrogens is 178 g/mol. The van der Waals surface area contributed by atoms with Gasteiger partial charge in [-0.05, 0) is 25.0 Å². The van der Waals surface area contributed by atoms with Crippen LogP contribution in [0, 0.1) is 0 Å². The molecule has 3 heteroatoms. The van der Waals surface area contributed by atoms with E-state index in [4.69, 9.17) is 9.84 Å². The number of hydrogen-bond donors (Lipinski definition) is 1. The maximum Gasteiger partial charge on any atom is 0.0689 e. The van der Waals surface area contributed by atoms with Crippen LogP contribution in [0.25, 0.3) is 0 Å². The molecule has 14 heavy (non-hydrogen) atoms. The van der Waals surface area contributed by atoms with Crippen molar-refractivity contribution in [3.05, 3.63) is 11.6 Å². The molecule has 0 unspecified atom stereocenters. The molecular formula is C11H21NO2. The van der Waals surface area contributed by atoms with Crippen LogP contribution in [0.15, 0.2) is 11.6 Å². The summed E-state index contributed by atoms with van der Waals surface area (Å²) in [7, 11) is 0. The first kappa shape index (κ1) is 11.7. The fourth-order valence-electron chi connectivity index (χ4n) is 1.73. The molecule has 0 aromatic rings. The molecule has 0 amide bonds. The molecule has 0 atom stereocenters. The van der Waals surface area contributed by atoms with Gasteiger partial charge in [-0.1, -0.05) is 13.0 Å². The van der Waals surface area contributed by atoms with Crippen molar-refractivity contribution >= 4 is 0 Å². The summed E-state index contributed by atoms with van der Waals surface area (Å²) in [6.07, 6.45) is 4.44. The summed E-state index contributed by atoms with van der Waals surface area (Å²) in [6, 6.07) is 0. The van der Waals surface area contributed by atoms with E-state index in [1.165, 1.54) is 5.57 Å². The van der Waals surface area contributed by atoms with Crippen molar-refractivity contribution in [1.82, 2.24) is 4.90 Å². The van der Waals surface area contributed by atoms with Gasteiger partial charge in [0.1, 0.15) is 0 Å². The van der Waals surface area contributed by atoms with Gasteiger partial charge in [0.2, 0.25) is 0 Å². The molecule has 82 valence electrons. The number of hydrogen-bond acceptors (Lipinski definition) is 3. The molecule has 1 aliphatic rings. The predicted molar refractivity (Wildman–Crippen MR) is 57.3 cm³/mol. The average molecular weight is 199 g/mol. The van der Waals surface area contributed by atoms with Gasteiger partial charge in [0.05, 0.1) is 19.8 Å². The maximum absolute atomic E-state index is 8.90. The minimum absolute atomic E-state index is 0.244. The van der Waals surface area contributed by atoms with Gasteiger partial charge in [-0.15, -0.1) is 0 Å². The first-order valence-electron chi connectivity index (χ1n) is 5.45. The minimum Gasteiger partial charge on any atom is -0.395 e. The fraction of sp³-hybridized carbons (Fsp3) is 0.818. The van der Waals surface area contributed by atoms with E-state index in [9.17, 15) is 0 Å². The summed E-state index contributed by atoms with van der Waals surface area (Å²) in [4.78, 5) is 2.28. The molecule has 0 aromatic heterocycles. The lowest BCUT2D eigenvalue weighted by atomic mass is 10.2. The van der Waals surface area contributed by atoms with Crippen molar-refractivity contribution in [3.63, 3.8) is 0 Å². The third kappa shape index (κ3) is 4.22. The highest BCUT2D eigenvalue weighted by Gasteiger charge is 2.08. The number of aliphatic hydroxyl groups excluding tert-OH is 1. The highest BCUT2D eigenvalue weighted by molar-refractivity contribution is 5.07. The normalized spacial score (nSPS) is 17.2. The zero-order valence-corrected chi connectivity index (χ0v) is 9.04. The molecule has 0 fully saturated rings. The van der Waals surface area contributed by atoms with Gasteiger partial charge < -0.3 is 9.84 Å². The fourth-order valence-corrected chi connectivity index (χ4v) is 1.73. The van der Waals surface area contributed by atoms with Crippen LogP contribution in [0.3, 0.4) is 0 Å². The van der Waals surface area contributed by atoms with E-state index in [0.717, 1.165) is 45.7 Å². The summed E-state index contributed by atoms with van der Waals surface area (Å²) >= 11 is 0.